The first kappa shape index (κ1) is 32.5. The van der Waals surface area contributed by atoms with Crippen molar-refractivity contribution >= 4 is 50.7 Å². The molecule has 0 aliphatic carbocycles. The zero-order chi connectivity index (χ0) is 29.7. The van der Waals surface area contributed by atoms with Gasteiger partial charge in [-0.2, -0.15) is 13.5 Å². The summed E-state index contributed by atoms with van der Waals surface area (Å²) in [4.78, 5) is 11.2. The molecule has 1 N–H and O–H groups in total. The number of carboxylic acids is 1. The standard InChI is InChI=1S/C34H34O6S2.H2S/c1-3-4-27(19-34(35)36)26-6-8-28(9-7-26)39-21-25-5-12-33-31(18-25)32(22-41-33)30-11-10-29(17-23(30)2)40-20-24-13-15-42(37,38)16-14-24;/h5-12,17-18,22,24,27H,13-16,19-21H2,1-2H3,(H,35,36);1H2/t27-;/m0./s1. The second-order valence-corrected chi connectivity index (χ2v) is 14.0. The lowest BCUT2D eigenvalue weighted by Gasteiger charge is -2.22. The lowest BCUT2D eigenvalue weighted by Crippen LogP contribution is -2.26. The van der Waals surface area contributed by atoms with E-state index in [1.807, 2.05) is 30.3 Å². The maximum atomic E-state index is 11.7. The molecule has 0 radical (unpaired) electrons. The van der Waals surface area contributed by atoms with E-state index in [2.05, 4.69) is 54.5 Å². The van der Waals surface area contributed by atoms with Gasteiger partial charge >= 0.3 is 5.97 Å². The van der Waals surface area contributed by atoms with Gasteiger partial charge < -0.3 is 14.6 Å². The number of sulfone groups is 1. The number of aliphatic carboxylic acids is 1. The lowest BCUT2D eigenvalue weighted by atomic mass is 9.96. The van der Waals surface area contributed by atoms with E-state index in [0.717, 1.165) is 28.0 Å². The third-order valence-electron chi connectivity index (χ3n) is 7.67. The van der Waals surface area contributed by atoms with Crippen LogP contribution in [0.25, 0.3) is 21.2 Å². The number of carboxylic acid groups (broad SMARTS) is 1. The molecule has 0 unspecified atom stereocenters. The van der Waals surface area contributed by atoms with E-state index in [1.54, 1.807) is 18.3 Å². The summed E-state index contributed by atoms with van der Waals surface area (Å²) >= 11 is 1.71. The van der Waals surface area contributed by atoms with Gasteiger partial charge in [0, 0.05) is 15.6 Å². The Morgan fingerprint density at radius 1 is 1.00 bits per heavy atom. The third kappa shape index (κ3) is 8.35. The molecule has 0 spiro atoms. The summed E-state index contributed by atoms with van der Waals surface area (Å²) in [6.07, 6.45) is 1.30. The Hall–Kier alpha value is -3.45. The van der Waals surface area contributed by atoms with Crippen molar-refractivity contribution in [3.05, 3.63) is 82.7 Å². The molecule has 1 aliphatic rings. The molecular formula is C34H36O6S3. The zero-order valence-electron chi connectivity index (χ0n) is 24.3. The summed E-state index contributed by atoms with van der Waals surface area (Å²) in [5, 5.41) is 12.5. The van der Waals surface area contributed by atoms with Gasteiger partial charge in [0.1, 0.15) is 27.9 Å². The topological polar surface area (TPSA) is 89.9 Å². The summed E-state index contributed by atoms with van der Waals surface area (Å²) in [7, 11) is -2.87. The Balaban J connectivity index is 0.00000423. The molecule has 0 bridgehead atoms. The number of rotatable bonds is 10. The molecular weight excluding hydrogens is 601 g/mol. The number of fused-ring (bicyclic) bond motifs is 1. The van der Waals surface area contributed by atoms with E-state index in [-0.39, 0.29) is 43.3 Å². The number of benzene rings is 3. The molecule has 1 aromatic heterocycles. The zero-order valence-corrected chi connectivity index (χ0v) is 26.9. The molecule has 2 heterocycles. The smallest absolute Gasteiger partial charge is 0.304 e. The van der Waals surface area contributed by atoms with Gasteiger partial charge in [0.05, 0.1) is 30.5 Å². The third-order valence-corrected chi connectivity index (χ3v) is 10.4. The molecule has 6 nitrogen and oxygen atoms in total. The van der Waals surface area contributed by atoms with Crippen molar-refractivity contribution in [3.8, 4) is 34.5 Å². The fourth-order valence-electron chi connectivity index (χ4n) is 5.29. The minimum absolute atomic E-state index is 0. The Bertz CT molecular complexity index is 1730. The van der Waals surface area contributed by atoms with Crippen molar-refractivity contribution in [3.63, 3.8) is 0 Å². The Morgan fingerprint density at radius 3 is 2.40 bits per heavy atom. The highest BCUT2D eigenvalue weighted by Crippen LogP contribution is 2.37. The molecule has 0 amide bonds. The highest BCUT2D eigenvalue weighted by atomic mass is 32.2. The van der Waals surface area contributed by atoms with Crippen molar-refractivity contribution in [2.45, 2.75) is 45.6 Å². The van der Waals surface area contributed by atoms with Crippen LogP contribution in [-0.4, -0.2) is 37.6 Å². The van der Waals surface area contributed by atoms with Crippen LogP contribution in [0.2, 0.25) is 0 Å². The van der Waals surface area contributed by atoms with Crippen molar-refractivity contribution in [2.75, 3.05) is 18.1 Å². The van der Waals surface area contributed by atoms with Crippen molar-refractivity contribution in [2.24, 2.45) is 5.92 Å². The second kappa shape index (κ2) is 14.3. The Labute approximate surface area is 264 Å². The van der Waals surface area contributed by atoms with Crippen molar-refractivity contribution in [1.82, 2.24) is 0 Å². The first-order chi connectivity index (χ1) is 20.2. The summed E-state index contributed by atoms with van der Waals surface area (Å²) < 4.78 is 36.7. The van der Waals surface area contributed by atoms with Gasteiger partial charge in [-0.25, -0.2) is 8.42 Å². The van der Waals surface area contributed by atoms with Crippen LogP contribution in [0, 0.1) is 24.7 Å². The summed E-state index contributed by atoms with van der Waals surface area (Å²) in [6, 6.07) is 20.0. The van der Waals surface area contributed by atoms with Gasteiger partial charge in [-0.3, -0.25) is 4.79 Å². The van der Waals surface area contributed by atoms with Crippen molar-refractivity contribution in [1.29, 1.82) is 0 Å². The average Bonchev–Trinajstić information content (AvgIpc) is 3.38. The van der Waals surface area contributed by atoms with Crippen LogP contribution in [-0.2, 0) is 21.2 Å². The molecule has 9 heteroatoms. The van der Waals surface area contributed by atoms with Crippen LogP contribution in [0.5, 0.6) is 11.5 Å². The van der Waals surface area contributed by atoms with Crippen LogP contribution in [0.15, 0.2) is 66.0 Å². The van der Waals surface area contributed by atoms with Crippen LogP contribution in [0.1, 0.15) is 48.8 Å². The molecule has 1 atom stereocenters. The molecule has 0 saturated carbocycles. The number of ether oxygens (including phenoxy) is 2. The molecule has 3 aromatic carbocycles. The van der Waals surface area contributed by atoms with Crippen LogP contribution in [0.3, 0.4) is 0 Å². The van der Waals surface area contributed by atoms with Gasteiger partial charge in [-0.05, 0) is 96.6 Å². The lowest BCUT2D eigenvalue weighted by molar-refractivity contribution is -0.137. The minimum atomic E-state index is -2.87. The summed E-state index contributed by atoms with van der Waals surface area (Å²) in [6.45, 7) is 4.75. The SMILES string of the molecule is CC#C[C@@H](CC(=O)O)c1ccc(OCc2ccc3scc(-c4ccc(OCC5CCS(=O)(=O)CC5)cc4C)c3c2)cc1.S. The van der Waals surface area contributed by atoms with Gasteiger partial charge in [0.15, 0.2) is 0 Å². The number of hydrogen-bond donors (Lipinski definition) is 1. The normalized spacial score (nSPS) is 15.1. The van der Waals surface area contributed by atoms with Gasteiger partial charge in [-0.15, -0.1) is 17.3 Å². The van der Waals surface area contributed by atoms with Crippen LogP contribution < -0.4 is 9.47 Å². The number of carbonyl (C=O) groups is 1. The summed E-state index contributed by atoms with van der Waals surface area (Å²) in [5.41, 5.74) is 5.36. The molecule has 226 valence electrons. The molecule has 1 fully saturated rings. The average molecular weight is 637 g/mol. The van der Waals surface area contributed by atoms with E-state index < -0.39 is 15.8 Å². The monoisotopic (exact) mass is 636 g/mol. The molecule has 5 rings (SSSR count). The number of thiophene rings is 1. The van der Waals surface area contributed by atoms with E-state index in [1.165, 1.54) is 15.6 Å². The van der Waals surface area contributed by atoms with Gasteiger partial charge in [-0.1, -0.05) is 30.2 Å². The fourth-order valence-corrected chi connectivity index (χ4v) is 7.82. The van der Waals surface area contributed by atoms with E-state index in [4.69, 9.17) is 9.47 Å². The van der Waals surface area contributed by atoms with E-state index >= 15 is 0 Å². The predicted octanol–water partition coefficient (Wildman–Crippen LogP) is 7.35. The Kier molecular flexibility index (Phi) is 10.8. The summed E-state index contributed by atoms with van der Waals surface area (Å²) in [5.74, 6) is 6.88. The molecule has 4 aromatic rings. The van der Waals surface area contributed by atoms with E-state index in [9.17, 15) is 18.3 Å². The maximum Gasteiger partial charge on any atom is 0.304 e. The fraction of sp³-hybridized carbons (Fsp3) is 0.324. The van der Waals surface area contributed by atoms with Crippen LogP contribution in [0.4, 0.5) is 0 Å². The van der Waals surface area contributed by atoms with Gasteiger partial charge in [0.25, 0.3) is 0 Å². The highest BCUT2D eigenvalue weighted by molar-refractivity contribution is 7.91. The first-order valence-corrected chi connectivity index (χ1v) is 16.7. The molecule has 1 saturated heterocycles. The quantitative estimate of drug-likeness (QED) is 0.183. The van der Waals surface area contributed by atoms with Crippen molar-refractivity contribution < 1.29 is 27.8 Å². The van der Waals surface area contributed by atoms with E-state index in [0.29, 0.717) is 31.8 Å². The minimum Gasteiger partial charge on any atom is -0.493 e. The highest BCUT2D eigenvalue weighted by Gasteiger charge is 2.24. The first-order valence-electron chi connectivity index (χ1n) is 14.0. The van der Waals surface area contributed by atoms with Gasteiger partial charge in [0.2, 0.25) is 0 Å². The number of hydrogen-bond acceptors (Lipinski definition) is 6. The largest absolute Gasteiger partial charge is 0.493 e. The predicted molar refractivity (Wildman–Crippen MR) is 178 cm³/mol. The molecule has 1 aliphatic heterocycles. The van der Waals surface area contributed by atoms with Crippen LogP contribution >= 0.6 is 24.8 Å². The Morgan fingerprint density at radius 2 is 1.72 bits per heavy atom. The maximum absolute atomic E-state index is 11.7. The molecule has 43 heavy (non-hydrogen) atoms. The number of aryl methyl sites for hydroxylation is 1. The second-order valence-electron chi connectivity index (χ2n) is 10.8.